The molecule has 1 saturated heterocycles. The van der Waals surface area contributed by atoms with E-state index in [4.69, 9.17) is 4.74 Å². The van der Waals surface area contributed by atoms with Crippen molar-refractivity contribution >= 4 is 5.97 Å². The zero-order chi connectivity index (χ0) is 14.0. The third-order valence-corrected chi connectivity index (χ3v) is 3.26. The van der Waals surface area contributed by atoms with E-state index in [1.165, 1.54) is 12.1 Å². The molecule has 0 aromatic heterocycles. The van der Waals surface area contributed by atoms with Crippen LogP contribution in [0.25, 0.3) is 0 Å². The second-order valence-electron chi connectivity index (χ2n) is 4.54. The van der Waals surface area contributed by atoms with Crippen molar-refractivity contribution in [3.05, 3.63) is 29.6 Å². The first-order valence-electron chi connectivity index (χ1n) is 6.20. The Morgan fingerprint density at radius 3 is 2.79 bits per heavy atom. The predicted octanol–water partition coefficient (Wildman–Crippen LogP) is 1.46. The fraction of sp³-hybridized carbons (Fsp3) is 0.462. The number of carboxylic acid groups (broad SMARTS) is 1. The number of nitrogens with one attached hydrogen (secondary N) is 2. The van der Waals surface area contributed by atoms with Crippen LogP contribution in [0.15, 0.2) is 18.2 Å². The lowest BCUT2D eigenvalue weighted by Crippen LogP contribution is -2.30. The van der Waals surface area contributed by atoms with E-state index >= 15 is 0 Å². The highest BCUT2D eigenvalue weighted by molar-refractivity contribution is 5.72. The number of halogens is 1. The van der Waals surface area contributed by atoms with Gasteiger partial charge in [-0.05, 0) is 31.5 Å². The Morgan fingerprint density at radius 1 is 1.47 bits per heavy atom. The van der Waals surface area contributed by atoms with Gasteiger partial charge in [-0.25, -0.2) is 9.82 Å². The molecule has 1 fully saturated rings. The standard InChI is InChI=1S/C13H17FN2O3/c1-3-19-10-5-4-8(6-9(10)14)12-11(13(17)18)7(2)15-16-12/h4-7,11-12,15-16H,3H2,1-2H3,(H,17,18). The molecule has 1 aliphatic rings. The first-order valence-corrected chi connectivity index (χ1v) is 6.20. The van der Waals surface area contributed by atoms with Gasteiger partial charge < -0.3 is 9.84 Å². The molecule has 3 atom stereocenters. The molecule has 1 aliphatic heterocycles. The van der Waals surface area contributed by atoms with Crippen LogP contribution in [0.3, 0.4) is 0 Å². The van der Waals surface area contributed by atoms with Crippen molar-refractivity contribution in [3.63, 3.8) is 0 Å². The monoisotopic (exact) mass is 268 g/mol. The second kappa shape index (κ2) is 5.54. The van der Waals surface area contributed by atoms with E-state index in [1.54, 1.807) is 19.9 Å². The molecule has 1 heterocycles. The minimum Gasteiger partial charge on any atom is -0.491 e. The number of ether oxygens (including phenoxy) is 1. The first kappa shape index (κ1) is 13.8. The minimum atomic E-state index is -0.913. The summed E-state index contributed by atoms with van der Waals surface area (Å²) in [6.45, 7) is 3.93. The zero-order valence-corrected chi connectivity index (χ0v) is 10.8. The number of aliphatic carboxylic acids is 1. The summed E-state index contributed by atoms with van der Waals surface area (Å²) in [5.74, 6) is -1.86. The fourth-order valence-corrected chi connectivity index (χ4v) is 2.32. The molecule has 0 bridgehead atoms. The Bertz CT molecular complexity index is 481. The van der Waals surface area contributed by atoms with Crippen LogP contribution in [0.1, 0.15) is 25.5 Å². The molecule has 1 aromatic carbocycles. The van der Waals surface area contributed by atoms with Gasteiger partial charge in [0.25, 0.3) is 0 Å². The van der Waals surface area contributed by atoms with Crippen molar-refractivity contribution in [3.8, 4) is 5.75 Å². The van der Waals surface area contributed by atoms with Gasteiger partial charge in [0.1, 0.15) is 0 Å². The number of hydrogen-bond donors (Lipinski definition) is 3. The Balaban J connectivity index is 2.26. The lowest BCUT2D eigenvalue weighted by Gasteiger charge is -2.17. The summed E-state index contributed by atoms with van der Waals surface area (Å²) in [7, 11) is 0. The minimum absolute atomic E-state index is 0.178. The number of rotatable bonds is 4. The molecule has 0 saturated carbocycles. The summed E-state index contributed by atoms with van der Waals surface area (Å²) in [4.78, 5) is 11.3. The van der Waals surface area contributed by atoms with Gasteiger partial charge in [0, 0.05) is 6.04 Å². The first-order chi connectivity index (χ1) is 9.04. The average Bonchev–Trinajstić information content (AvgIpc) is 2.74. The molecular formula is C13H17FN2O3. The van der Waals surface area contributed by atoms with Crippen molar-refractivity contribution in [2.45, 2.75) is 25.9 Å². The molecule has 0 radical (unpaired) electrons. The highest BCUT2D eigenvalue weighted by atomic mass is 19.1. The Morgan fingerprint density at radius 2 is 2.21 bits per heavy atom. The van der Waals surface area contributed by atoms with Crippen LogP contribution in [0.4, 0.5) is 4.39 Å². The van der Waals surface area contributed by atoms with Gasteiger partial charge in [0.05, 0.1) is 18.6 Å². The number of hydrazine groups is 1. The van der Waals surface area contributed by atoms with E-state index in [2.05, 4.69) is 10.9 Å². The van der Waals surface area contributed by atoms with Crippen LogP contribution in [-0.2, 0) is 4.79 Å². The summed E-state index contributed by atoms with van der Waals surface area (Å²) < 4.78 is 18.9. The van der Waals surface area contributed by atoms with Crippen LogP contribution in [0, 0.1) is 11.7 Å². The smallest absolute Gasteiger partial charge is 0.310 e. The highest BCUT2D eigenvalue weighted by Crippen LogP contribution is 2.31. The van der Waals surface area contributed by atoms with Crippen molar-refractivity contribution in [2.24, 2.45) is 5.92 Å². The maximum atomic E-state index is 13.8. The number of benzene rings is 1. The lowest BCUT2D eigenvalue weighted by molar-refractivity contribution is -0.142. The fourth-order valence-electron chi connectivity index (χ4n) is 2.32. The zero-order valence-electron chi connectivity index (χ0n) is 10.8. The predicted molar refractivity (Wildman–Crippen MR) is 67.2 cm³/mol. The van der Waals surface area contributed by atoms with Crippen molar-refractivity contribution in [2.75, 3.05) is 6.61 Å². The topological polar surface area (TPSA) is 70.6 Å². The molecule has 0 amide bonds. The van der Waals surface area contributed by atoms with Gasteiger partial charge in [0.15, 0.2) is 11.6 Å². The van der Waals surface area contributed by atoms with E-state index in [-0.39, 0.29) is 11.8 Å². The SMILES string of the molecule is CCOc1ccc(C2NNC(C)C2C(=O)O)cc1F. The third-order valence-electron chi connectivity index (χ3n) is 3.26. The van der Waals surface area contributed by atoms with E-state index in [0.29, 0.717) is 12.2 Å². The van der Waals surface area contributed by atoms with Gasteiger partial charge in [0.2, 0.25) is 0 Å². The van der Waals surface area contributed by atoms with E-state index < -0.39 is 23.7 Å². The number of carboxylic acids is 1. The van der Waals surface area contributed by atoms with E-state index in [1.807, 2.05) is 0 Å². The number of carbonyl (C=O) groups is 1. The van der Waals surface area contributed by atoms with Gasteiger partial charge >= 0.3 is 5.97 Å². The Hall–Kier alpha value is -1.66. The molecule has 0 aliphatic carbocycles. The van der Waals surface area contributed by atoms with Crippen LogP contribution in [0.2, 0.25) is 0 Å². The molecule has 1 aromatic rings. The van der Waals surface area contributed by atoms with E-state index in [0.717, 1.165) is 0 Å². The average molecular weight is 268 g/mol. The summed E-state index contributed by atoms with van der Waals surface area (Å²) in [5, 5.41) is 9.23. The van der Waals surface area contributed by atoms with Crippen molar-refractivity contribution in [1.29, 1.82) is 0 Å². The van der Waals surface area contributed by atoms with Gasteiger partial charge in [-0.1, -0.05) is 6.07 Å². The quantitative estimate of drug-likeness (QED) is 0.771. The third kappa shape index (κ3) is 2.69. The largest absolute Gasteiger partial charge is 0.491 e. The molecular weight excluding hydrogens is 251 g/mol. The molecule has 3 N–H and O–H groups in total. The second-order valence-corrected chi connectivity index (χ2v) is 4.54. The highest BCUT2D eigenvalue weighted by Gasteiger charge is 2.39. The van der Waals surface area contributed by atoms with Crippen molar-refractivity contribution < 1.29 is 19.0 Å². The van der Waals surface area contributed by atoms with Gasteiger partial charge in [-0.15, -0.1) is 0 Å². The summed E-state index contributed by atoms with van der Waals surface area (Å²) >= 11 is 0. The van der Waals surface area contributed by atoms with E-state index in [9.17, 15) is 14.3 Å². The molecule has 3 unspecified atom stereocenters. The lowest BCUT2D eigenvalue weighted by atomic mass is 9.90. The molecule has 5 nitrogen and oxygen atoms in total. The van der Waals surface area contributed by atoms with Crippen LogP contribution in [0.5, 0.6) is 5.75 Å². The van der Waals surface area contributed by atoms with Crippen molar-refractivity contribution in [1.82, 2.24) is 10.9 Å². The van der Waals surface area contributed by atoms with Crippen LogP contribution in [-0.4, -0.2) is 23.7 Å². The van der Waals surface area contributed by atoms with Crippen LogP contribution < -0.4 is 15.6 Å². The maximum absolute atomic E-state index is 13.8. The normalized spacial score (nSPS) is 26.4. The van der Waals surface area contributed by atoms with Gasteiger partial charge in [-0.3, -0.25) is 10.2 Å². The Labute approximate surface area is 110 Å². The molecule has 19 heavy (non-hydrogen) atoms. The number of hydrogen-bond acceptors (Lipinski definition) is 4. The molecule has 104 valence electrons. The summed E-state index contributed by atoms with van der Waals surface area (Å²) in [6.07, 6.45) is 0. The Kier molecular flexibility index (Phi) is 4.01. The summed E-state index contributed by atoms with van der Waals surface area (Å²) in [5.41, 5.74) is 6.36. The summed E-state index contributed by atoms with van der Waals surface area (Å²) in [6, 6.07) is 3.84. The maximum Gasteiger partial charge on any atom is 0.310 e. The molecule has 0 spiro atoms. The van der Waals surface area contributed by atoms with Gasteiger partial charge in [-0.2, -0.15) is 0 Å². The van der Waals surface area contributed by atoms with Crippen LogP contribution >= 0.6 is 0 Å². The molecule has 2 rings (SSSR count). The molecule has 6 heteroatoms.